The second-order valence-corrected chi connectivity index (χ2v) is 10.3. The smallest absolute Gasteiger partial charge is 0.270 e. The molecule has 2 atom stereocenters. The largest absolute Gasteiger partial charge is 0.362 e. The van der Waals surface area contributed by atoms with Gasteiger partial charge in [0, 0.05) is 44.8 Å². The van der Waals surface area contributed by atoms with Crippen molar-refractivity contribution < 1.29 is 0 Å². The molecule has 0 radical (unpaired) electrons. The second-order valence-electron chi connectivity index (χ2n) is 10.3. The van der Waals surface area contributed by atoms with Gasteiger partial charge in [-0.05, 0) is 42.5 Å². The lowest BCUT2D eigenvalue weighted by molar-refractivity contribution is 0.158. The molecule has 0 bridgehead atoms. The van der Waals surface area contributed by atoms with Crippen LogP contribution in [0.3, 0.4) is 0 Å². The van der Waals surface area contributed by atoms with Crippen LogP contribution in [-0.4, -0.2) is 39.6 Å². The number of aryl methyl sites for hydroxylation is 1. The monoisotopic (exact) mass is 443 g/mol. The van der Waals surface area contributed by atoms with E-state index in [0.717, 1.165) is 36.4 Å². The minimum atomic E-state index is -0.0592. The zero-order valence-corrected chi connectivity index (χ0v) is 20.5. The summed E-state index contributed by atoms with van der Waals surface area (Å²) in [6, 6.07) is 14.7. The van der Waals surface area contributed by atoms with Gasteiger partial charge in [0.2, 0.25) is 5.52 Å². The van der Waals surface area contributed by atoms with Crippen LogP contribution >= 0.6 is 0 Å². The summed E-state index contributed by atoms with van der Waals surface area (Å²) in [7, 11) is 1.75. The Kier molecular flexibility index (Phi) is 6.02. The van der Waals surface area contributed by atoms with Crippen LogP contribution in [0.2, 0.25) is 0 Å². The summed E-state index contributed by atoms with van der Waals surface area (Å²) in [5.41, 5.74) is 5.06. The summed E-state index contributed by atoms with van der Waals surface area (Å²) >= 11 is 0. The molecule has 172 valence electrons. The molecule has 4 rings (SSSR count). The van der Waals surface area contributed by atoms with Gasteiger partial charge < -0.3 is 14.3 Å². The lowest BCUT2D eigenvalue weighted by Crippen LogP contribution is -2.56. The Morgan fingerprint density at radius 3 is 2.39 bits per heavy atom. The fourth-order valence-electron chi connectivity index (χ4n) is 4.68. The number of aromatic nitrogens is 2. The highest BCUT2D eigenvalue weighted by molar-refractivity contribution is 5.89. The van der Waals surface area contributed by atoms with Gasteiger partial charge in [-0.3, -0.25) is 9.69 Å². The van der Waals surface area contributed by atoms with E-state index < -0.39 is 0 Å². The van der Waals surface area contributed by atoms with Gasteiger partial charge in [-0.2, -0.15) is 0 Å². The van der Waals surface area contributed by atoms with Crippen LogP contribution in [0.15, 0.2) is 47.3 Å². The second kappa shape index (κ2) is 8.64. The van der Waals surface area contributed by atoms with Gasteiger partial charge in [0.25, 0.3) is 11.4 Å². The van der Waals surface area contributed by atoms with Gasteiger partial charge >= 0.3 is 0 Å². The van der Waals surface area contributed by atoms with E-state index >= 15 is 0 Å². The highest BCUT2D eigenvalue weighted by Gasteiger charge is 2.31. The van der Waals surface area contributed by atoms with Crippen molar-refractivity contribution >= 4 is 22.5 Å². The molecule has 0 spiro atoms. The molecule has 0 saturated carbocycles. The van der Waals surface area contributed by atoms with E-state index in [2.05, 4.69) is 78.5 Å². The first-order chi connectivity index (χ1) is 15.6. The molecular weight excluding hydrogens is 410 g/mol. The van der Waals surface area contributed by atoms with Crippen molar-refractivity contribution in [1.82, 2.24) is 14.5 Å². The average molecular weight is 444 g/mol. The van der Waals surface area contributed by atoms with Crippen molar-refractivity contribution in [2.45, 2.75) is 58.7 Å². The molecule has 1 aliphatic rings. The predicted molar refractivity (Wildman–Crippen MR) is 135 cm³/mol. The summed E-state index contributed by atoms with van der Waals surface area (Å²) in [6.45, 7) is 21.1. The van der Waals surface area contributed by atoms with Crippen LogP contribution in [-0.2, 0) is 19.0 Å². The van der Waals surface area contributed by atoms with Crippen molar-refractivity contribution in [3.05, 3.63) is 75.4 Å². The summed E-state index contributed by atoms with van der Waals surface area (Å²) in [6.07, 6.45) is 0. The van der Waals surface area contributed by atoms with Gasteiger partial charge in [0.15, 0.2) is 0 Å². The first-order valence-corrected chi connectivity index (χ1v) is 11.6. The van der Waals surface area contributed by atoms with E-state index in [-0.39, 0.29) is 17.0 Å². The summed E-state index contributed by atoms with van der Waals surface area (Å²) < 4.78 is 1.60. The Balaban J connectivity index is 1.60. The molecule has 3 aromatic rings. The van der Waals surface area contributed by atoms with Crippen molar-refractivity contribution in [3.8, 4) is 0 Å². The van der Waals surface area contributed by atoms with E-state index in [1.165, 1.54) is 11.1 Å². The first-order valence-electron chi connectivity index (χ1n) is 11.6. The summed E-state index contributed by atoms with van der Waals surface area (Å²) in [5, 5.41) is 0. The zero-order valence-electron chi connectivity index (χ0n) is 20.5. The Bertz CT molecular complexity index is 1260. The topological polar surface area (TPSA) is 45.7 Å². The van der Waals surface area contributed by atoms with Gasteiger partial charge in [0.05, 0.1) is 11.2 Å². The van der Waals surface area contributed by atoms with Crippen molar-refractivity contribution in [3.63, 3.8) is 0 Å². The van der Waals surface area contributed by atoms with Crippen molar-refractivity contribution in [2.75, 3.05) is 18.0 Å². The molecule has 0 unspecified atom stereocenters. The lowest BCUT2D eigenvalue weighted by atomic mass is 9.86. The highest BCUT2D eigenvalue weighted by atomic mass is 16.1. The van der Waals surface area contributed by atoms with Crippen LogP contribution in [0.4, 0.5) is 11.5 Å². The number of rotatable bonds is 3. The van der Waals surface area contributed by atoms with Gasteiger partial charge in [-0.15, -0.1) is 4.98 Å². The lowest BCUT2D eigenvalue weighted by Gasteiger charge is -2.45. The molecule has 1 saturated heterocycles. The minimum Gasteiger partial charge on any atom is -0.362 e. The van der Waals surface area contributed by atoms with Crippen molar-refractivity contribution in [2.24, 2.45) is 7.05 Å². The van der Waals surface area contributed by atoms with Gasteiger partial charge in [-0.1, -0.05) is 51.6 Å². The predicted octanol–water partition coefficient (Wildman–Crippen LogP) is 4.88. The average Bonchev–Trinajstić information content (AvgIpc) is 2.78. The molecule has 0 aliphatic carbocycles. The number of hydrogen-bond donors (Lipinski definition) is 0. The Hall–Kier alpha value is -3.17. The maximum absolute atomic E-state index is 12.7. The number of anilines is 1. The standard InChI is InChI=1S/C27H33N5O/c1-18-16-32(23-14-25(33)30(7)22-12-13-24(28-6)29-26(22)23)19(2)15-31(18)17-20-8-10-21(11-9-20)27(3,4)5/h8-14,18-19H,15-17H2,1-5,7H3/t18-,19+/m1/s1. The third-order valence-electron chi connectivity index (χ3n) is 6.80. The van der Waals surface area contributed by atoms with Crippen molar-refractivity contribution in [1.29, 1.82) is 0 Å². The minimum absolute atomic E-state index is 0.0592. The molecule has 0 N–H and O–H groups in total. The quantitative estimate of drug-likeness (QED) is 0.541. The van der Waals surface area contributed by atoms with Crippen LogP contribution < -0.4 is 10.5 Å². The fraction of sp³-hybridized carbons (Fsp3) is 0.444. The maximum Gasteiger partial charge on any atom is 0.270 e. The zero-order chi connectivity index (χ0) is 23.9. The third kappa shape index (κ3) is 4.51. The molecule has 33 heavy (non-hydrogen) atoms. The fourth-order valence-corrected chi connectivity index (χ4v) is 4.68. The van der Waals surface area contributed by atoms with Gasteiger partial charge in [0.1, 0.15) is 0 Å². The first kappa shape index (κ1) is 23.0. The summed E-state index contributed by atoms with van der Waals surface area (Å²) in [4.78, 5) is 25.5. The number of piperazine rings is 1. The van der Waals surface area contributed by atoms with Crippen LogP contribution in [0, 0.1) is 6.57 Å². The Labute approximate surface area is 196 Å². The van der Waals surface area contributed by atoms with Crippen LogP contribution in [0.1, 0.15) is 45.7 Å². The number of benzene rings is 1. The molecular formula is C27H33N5O. The number of nitrogens with zero attached hydrogens (tertiary/aromatic N) is 5. The molecule has 2 aromatic heterocycles. The Morgan fingerprint density at radius 1 is 1.06 bits per heavy atom. The van der Waals surface area contributed by atoms with E-state index in [1.807, 2.05) is 6.07 Å². The van der Waals surface area contributed by atoms with E-state index in [9.17, 15) is 4.79 Å². The highest BCUT2D eigenvalue weighted by Crippen LogP contribution is 2.30. The van der Waals surface area contributed by atoms with Crippen LogP contribution in [0.25, 0.3) is 15.9 Å². The molecule has 0 amide bonds. The molecule has 3 heterocycles. The van der Waals surface area contributed by atoms with E-state index in [1.54, 1.807) is 23.7 Å². The third-order valence-corrected chi connectivity index (χ3v) is 6.80. The van der Waals surface area contributed by atoms with Crippen LogP contribution in [0.5, 0.6) is 0 Å². The molecule has 6 heteroatoms. The molecule has 1 aromatic carbocycles. The molecule has 1 aliphatic heterocycles. The van der Waals surface area contributed by atoms with E-state index in [0.29, 0.717) is 11.9 Å². The normalized spacial score (nSPS) is 19.6. The SMILES string of the molecule is [C-]#[N+]c1ccc2c(n1)c(N1C[C@@H](C)N(Cc3ccc(C(C)(C)C)cc3)C[C@@H]1C)cc(=O)n2C. The maximum atomic E-state index is 12.7. The molecule has 6 nitrogen and oxygen atoms in total. The van der Waals surface area contributed by atoms with E-state index in [4.69, 9.17) is 6.57 Å². The number of pyridine rings is 2. The van der Waals surface area contributed by atoms with Gasteiger partial charge in [-0.25, -0.2) is 0 Å². The molecule has 1 fully saturated rings. The summed E-state index contributed by atoms with van der Waals surface area (Å²) in [5.74, 6) is 0.348. The number of hydrogen-bond acceptors (Lipinski definition) is 4. The number of fused-ring (bicyclic) bond motifs is 1. The Morgan fingerprint density at radius 2 is 1.76 bits per heavy atom.